The van der Waals surface area contributed by atoms with Gasteiger partial charge in [-0.3, -0.25) is 0 Å². The Morgan fingerprint density at radius 1 is 0.812 bits per heavy atom. The van der Waals surface area contributed by atoms with Gasteiger partial charge in [0.25, 0.3) is 0 Å². The minimum atomic E-state index is -0.220. The van der Waals surface area contributed by atoms with Gasteiger partial charge in [-0.25, -0.2) is 8.78 Å². The summed E-state index contributed by atoms with van der Waals surface area (Å²) in [5.74, 6) is 0.195. The molecule has 0 radical (unpaired) electrons. The standard InChI is InChI=1S/C28H32F2N2/c1-31(27-6-3-2-4-7-27)18-5-19-32-20-16-24(17-21-32)28(22-8-12-25(29)13-9-22)23-10-14-26(30)15-11-23/h2-4,6-15,24,28H,5,16-21H2,1H3. The number of hydrogen-bond acceptors (Lipinski definition) is 2. The van der Waals surface area contributed by atoms with Crippen molar-refractivity contribution in [1.82, 2.24) is 4.90 Å². The van der Waals surface area contributed by atoms with Gasteiger partial charge in [0.2, 0.25) is 0 Å². The molecule has 0 amide bonds. The molecule has 0 bridgehead atoms. The molecule has 0 spiro atoms. The molecule has 1 saturated heterocycles. The third kappa shape index (κ3) is 5.74. The Bertz CT molecular complexity index is 903. The van der Waals surface area contributed by atoms with Gasteiger partial charge in [-0.2, -0.15) is 0 Å². The highest BCUT2D eigenvalue weighted by atomic mass is 19.1. The lowest BCUT2D eigenvalue weighted by Gasteiger charge is -2.37. The van der Waals surface area contributed by atoms with Gasteiger partial charge in [0, 0.05) is 25.2 Å². The summed E-state index contributed by atoms with van der Waals surface area (Å²) in [6.07, 6.45) is 3.32. The topological polar surface area (TPSA) is 6.48 Å². The fourth-order valence-electron chi connectivity index (χ4n) is 4.93. The summed E-state index contributed by atoms with van der Waals surface area (Å²) in [7, 11) is 2.15. The number of nitrogens with zero attached hydrogens (tertiary/aromatic N) is 2. The van der Waals surface area contributed by atoms with E-state index >= 15 is 0 Å². The van der Waals surface area contributed by atoms with E-state index in [1.165, 1.54) is 30.0 Å². The second-order valence-corrected chi connectivity index (χ2v) is 8.87. The molecule has 4 rings (SSSR count). The summed E-state index contributed by atoms with van der Waals surface area (Å²) in [6, 6.07) is 24.2. The average Bonchev–Trinajstić information content (AvgIpc) is 2.83. The van der Waals surface area contributed by atoms with Crippen molar-refractivity contribution in [3.05, 3.63) is 102 Å². The predicted molar refractivity (Wildman–Crippen MR) is 128 cm³/mol. The third-order valence-corrected chi connectivity index (χ3v) is 6.73. The summed E-state index contributed by atoms with van der Waals surface area (Å²) in [4.78, 5) is 4.87. The van der Waals surface area contributed by atoms with Crippen LogP contribution < -0.4 is 4.90 Å². The molecule has 32 heavy (non-hydrogen) atoms. The quantitative estimate of drug-likeness (QED) is 0.408. The zero-order valence-electron chi connectivity index (χ0n) is 18.8. The first-order chi connectivity index (χ1) is 15.6. The van der Waals surface area contributed by atoms with Gasteiger partial charge in [-0.05, 0) is 92.3 Å². The van der Waals surface area contributed by atoms with Crippen LogP contribution in [0.1, 0.15) is 36.3 Å². The molecule has 0 aliphatic carbocycles. The second kappa shape index (κ2) is 10.7. The van der Waals surface area contributed by atoms with Crippen LogP contribution in [0.5, 0.6) is 0 Å². The molecular weight excluding hydrogens is 402 g/mol. The van der Waals surface area contributed by atoms with Crippen molar-refractivity contribution in [2.45, 2.75) is 25.2 Å². The average molecular weight is 435 g/mol. The molecule has 1 aliphatic rings. The van der Waals surface area contributed by atoms with Gasteiger partial charge in [0.15, 0.2) is 0 Å². The van der Waals surface area contributed by atoms with Gasteiger partial charge in [-0.15, -0.1) is 0 Å². The normalized spacial score (nSPS) is 15.2. The Balaban J connectivity index is 1.35. The molecule has 1 aliphatic heterocycles. The predicted octanol–water partition coefficient (Wildman–Crippen LogP) is 6.34. The number of para-hydroxylation sites is 1. The van der Waals surface area contributed by atoms with Crippen LogP contribution in [-0.2, 0) is 0 Å². The number of hydrogen-bond donors (Lipinski definition) is 0. The highest BCUT2D eigenvalue weighted by Crippen LogP contribution is 2.38. The molecule has 0 aromatic heterocycles. The minimum absolute atomic E-state index is 0.169. The van der Waals surface area contributed by atoms with E-state index < -0.39 is 0 Å². The van der Waals surface area contributed by atoms with Crippen LogP contribution in [0.3, 0.4) is 0 Å². The van der Waals surface area contributed by atoms with E-state index in [0.29, 0.717) is 5.92 Å². The monoisotopic (exact) mass is 434 g/mol. The van der Waals surface area contributed by atoms with Gasteiger partial charge in [0.1, 0.15) is 11.6 Å². The lowest BCUT2D eigenvalue weighted by molar-refractivity contribution is 0.174. The molecule has 0 unspecified atom stereocenters. The maximum absolute atomic E-state index is 13.5. The van der Waals surface area contributed by atoms with Crippen LogP contribution in [0.4, 0.5) is 14.5 Å². The molecule has 4 heteroatoms. The fraction of sp³-hybridized carbons (Fsp3) is 0.357. The van der Waals surface area contributed by atoms with Crippen LogP contribution in [0.15, 0.2) is 78.9 Å². The number of piperidine rings is 1. The second-order valence-electron chi connectivity index (χ2n) is 8.87. The van der Waals surface area contributed by atoms with E-state index in [1.54, 1.807) is 0 Å². The molecule has 0 atom stereocenters. The maximum Gasteiger partial charge on any atom is 0.123 e. The van der Waals surface area contributed by atoms with Crippen LogP contribution in [-0.4, -0.2) is 38.1 Å². The van der Waals surface area contributed by atoms with Crippen LogP contribution in [0.25, 0.3) is 0 Å². The molecule has 1 fully saturated rings. The lowest BCUT2D eigenvalue weighted by atomic mass is 9.76. The number of likely N-dealkylation sites (tertiary alicyclic amines) is 1. The van der Waals surface area contributed by atoms with Crippen LogP contribution >= 0.6 is 0 Å². The van der Waals surface area contributed by atoms with Gasteiger partial charge in [0.05, 0.1) is 0 Å². The van der Waals surface area contributed by atoms with Crippen molar-refractivity contribution in [1.29, 1.82) is 0 Å². The zero-order chi connectivity index (χ0) is 22.3. The van der Waals surface area contributed by atoms with E-state index in [0.717, 1.165) is 56.6 Å². The van der Waals surface area contributed by atoms with Gasteiger partial charge >= 0.3 is 0 Å². The highest BCUT2D eigenvalue weighted by Gasteiger charge is 2.29. The summed E-state index contributed by atoms with van der Waals surface area (Å²) >= 11 is 0. The Hall–Kier alpha value is -2.72. The van der Waals surface area contributed by atoms with E-state index in [9.17, 15) is 8.78 Å². The van der Waals surface area contributed by atoms with E-state index in [4.69, 9.17) is 0 Å². The smallest absolute Gasteiger partial charge is 0.123 e. The highest BCUT2D eigenvalue weighted by molar-refractivity contribution is 5.44. The molecule has 168 valence electrons. The van der Waals surface area contributed by atoms with Crippen LogP contribution in [0, 0.1) is 17.6 Å². The minimum Gasteiger partial charge on any atom is -0.375 e. The van der Waals surface area contributed by atoms with Crippen molar-refractivity contribution in [3.63, 3.8) is 0 Å². The Kier molecular flexibility index (Phi) is 7.54. The van der Waals surface area contributed by atoms with E-state index in [-0.39, 0.29) is 17.6 Å². The molecule has 1 heterocycles. The number of anilines is 1. The van der Waals surface area contributed by atoms with Crippen molar-refractivity contribution in [2.24, 2.45) is 5.92 Å². The van der Waals surface area contributed by atoms with E-state index in [2.05, 4.69) is 41.1 Å². The Labute approximate surface area is 190 Å². The first-order valence-electron chi connectivity index (χ1n) is 11.6. The molecule has 0 N–H and O–H groups in total. The van der Waals surface area contributed by atoms with E-state index in [1.807, 2.05) is 30.3 Å². The molecule has 0 saturated carbocycles. The Morgan fingerprint density at radius 3 is 1.88 bits per heavy atom. The van der Waals surface area contributed by atoms with Gasteiger partial charge < -0.3 is 9.80 Å². The summed E-state index contributed by atoms with van der Waals surface area (Å²) in [6.45, 7) is 4.27. The largest absolute Gasteiger partial charge is 0.375 e. The number of rotatable bonds is 8. The summed E-state index contributed by atoms with van der Waals surface area (Å²) in [5.41, 5.74) is 3.48. The van der Waals surface area contributed by atoms with Crippen molar-refractivity contribution >= 4 is 5.69 Å². The lowest BCUT2D eigenvalue weighted by Crippen LogP contribution is -2.37. The van der Waals surface area contributed by atoms with Crippen molar-refractivity contribution < 1.29 is 8.78 Å². The van der Waals surface area contributed by atoms with Crippen molar-refractivity contribution in [2.75, 3.05) is 38.1 Å². The summed E-state index contributed by atoms with van der Waals surface area (Å²) in [5, 5.41) is 0. The molecule has 2 nitrogen and oxygen atoms in total. The third-order valence-electron chi connectivity index (χ3n) is 6.73. The molecule has 3 aromatic rings. The maximum atomic E-state index is 13.5. The first kappa shape index (κ1) is 22.5. The SMILES string of the molecule is CN(CCCN1CCC(C(c2ccc(F)cc2)c2ccc(F)cc2)CC1)c1ccccc1. The fourth-order valence-corrected chi connectivity index (χ4v) is 4.93. The summed E-state index contributed by atoms with van der Waals surface area (Å²) < 4.78 is 27.0. The van der Waals surface area contributed by atoms with Crippen molar-refractivity contribution in [3.8, 4) is 0 Å². The number of benzene rings is 3. The van der Waals surface area contributed by atoms with Gasteiger partial charge in [-0.1, -0.05) is 42.5 Å². The first-order valence-corrected chi connectivity index (χ1v) is 11.6. The van der Waals surface area contributed by atoms with Crippen LogP contribution in [0.2, 0.25) is 0 Å². The zero-order valence-corrected chi connectivity index (χ0v) is 18.8. The number of halogens is 2. The Morgan fingerprint density at radius 2 is 1.34 bits per heavy atom. The molecule has 3 aromatic carbocycles. The molecular formula is C28H32F2N2.